The summed E-state index contributed by atoms with van der Waals surface area (Å²) >= 11 is 14.8. The van der Waals surface area contributed by atoms with E-state index < -0.39 is 0 Å². The molecule has 0 aliphatic heterocycles. The number of nitrogens with two attached hydrogens (primary N) is 1. The van der Waals surface area contributed by atoms with Crippen LogP contribution in [0, 0.1) is 0 Å². The first-order valence-electron chi connectivity index (χ1n) is 11.7. The average molecular weight is 617 g/mol. The number of imidazole rings is 1. The zero-order valence-electron chi connectivity index (χ0n) is 20.4. The Kier molecular flexibility index (Phi) is 10.1. The summed E-state index contributed by atoms with van der Waals surface area (Å²) in [4.78, 5) is 17.7. The fourth-order valence-corrected chi connectivity index (χ4v) is 4.63. The predicted molar refractivity (Wildman–Crippen MR) is 162 cm³/mol. The van der Waals surface area contributed by atoms with Crippen LogP contribution < -0.4 is 21.1 Å². The standard InChI is InChI=1S/C27H27BrClN5O2S.CH4/c1-16(2)36-24-10-9-19(13-22(24)29)26(35)32-20(14-31-27(30)37)12-17-5-7-18(8-6-17)23-15-34-11-3-4-21(28)25(34)33-23;/h3-11,13,15-16,20H,12,14H2,1-2H3,(H,32,35)(H3,30,31,37);1H4/t20-;/m0./s1. The van der Waals surface area contributed by atoms with Crippen molar-refractivity contribution in [1.82, 2.24) is 20.0 Å². The van der Waals surface area contributed by atoms with E-state index in [2.05, 4.69) is 26.6 Å². The van der Waals surface area contributed by atoms with Crippen molar-refractivity contribution in [3.8, 4) is 17.0 Å². The van der Waals surface area contributed by atoms with Gasteiger partial charge in [-0.15, -0.1) is 0 Å². The topological polar surface area (TPSA) is 93.7 Å². The van der Waals surface area contributed by atoms with Crippen molar-refractivity contribution in [3.05, 3.63) is 87.6 Å². The van der Waals surface area contributed by atoms with Crippen LogP contribution in [-0.2, 0) is 6.42 Å². The number of nitrogens with one attached hydrogen (secondary N) is 2. The molecule has 4 rings (SSSR count). The van der Waals surface area contributed by atoms with Gasteiger partial charge in [0.15, 0.2) is 10.8 Å². The molecule has 2 aromatic heterocycles. The molecular formula is C28H31BrClN5O2S. The van der Waals surface area contributed by atoms with Crippen LogP contribution in [-0.4, -0.2) is 39.1 Å². The number of carbonyl (C=O) groups is 1. The third-order valence-electron chi connectivity index (χ3n) is 5.58. The molecule has 7 nitrogen and oxygen atoms in total. The zero-order chi connectivity index (χ0) is 26.5. The molecule has 2 heterocycles. The van der Waals surface area contributed by atoms with Gasteiger partial charge in [-0.1, -0.05) is 43.3 Å². The number of hydrogen-bond acceptors (Lipinski definition) is 4. The number of amides is 1. The molecule has 4 aromatic rings. The molecule has 1 atom stereocenters. The van der Waals surface area contributed by atoms with Crippen LogP contribution in [0.25, 0.3) is 16.9 Å². The number of benzene rings is 2. The van der Waals surface area contributed by atoms with Gasteiger partial charge in [0.2, 0.25) is 0 Å². The Morgan fingerprint density at radius 2 is 1.95 bits per heavy atom. The Bertz CT molecular complexity index is 1420. The molecule has 200 valence electrons. The number of ether oxygens (including phenoxy) is 1. The highest BCUT2D eigenvalue weighted by Crippen LogP contribution is 2.27. The number of hydrogen-bond donors (Lipinski definition) is 3. The van der Waals surface area contributed by atoms with Crippen LogP contribution in [0.3, 0.4) is 0 Å². The molecule has 0 aliphatic carbocycles. The first-order chi connectivity index (χ1) is 17.7. The van der Waals surface area contributed by atoms with Crippen LogP contribution in [0.15, 0.2) is 71.5 Å². The van der Waals surface area contributed by atoms with Gasteiger partial charge < -0.3 is 25.5 Å². The Labute approximate surface area is 241 Å². The van der Waals surface area contributed by atoms with Crippen LogP contribution >= 0.6 is 39.7 Å². The second kappa shape index (κ2) is 13.1. The summed E-state index contributed by atoms with van der Waals surface area (Å²) in [5, 5.41) is 6.57. The van der Waals surface area contributed by atoms with E-state index in [0.717, 1.165) is 26.9 Å². The third-order valence-corrected chi connectivity index (χ3v) is 6.64. The first kappa shape index (κ1) is 29.4. The Balaban J connectivity index is 0.00000400. The number of pyridine rings is 1. The molecule has 0 radical (unpaired) electrons. The SMILES string of the molecule is C.CC(C)Oc1ccc(C(=O)N[C@H](CNC(N)=S)Cc2ccc(-c3cn4cccc(Br)c4n3)cc2)cc1Cl. The van der Waals surface area contributed by atoms with Gasteiger partial charge in [0.05, 0.1) is 27.3 Å². The second-order valence-electron chi connectivity index (χ2n) is 8.84. The molecule has 38 heavy (non-hydrogen) atoms. The first-order valence-corrected chi connectivity index (χ1v) is 13.3. The van der Waals surface area contributed by atoms with Gasteiger partial charge in [0, 0.05) is 30.1 Å². The monoisotopic (exact) mass is 615 g/mol. The van der Waals surface area contributed by atoms with E-state index in [4.69, 9.17) is 39.3 Å². The maximum Gasteiger partial charge on any atom is 0.251 e. The van der Waals surface area contributed by atoms with Crippen molar-refractivity contribution >= 4 is 56.4 Å². The quantitative estimate of drug-likeness (QED) is 0.199. The lowest BCUT2D eigenvalue weighted by atomic mass is 10.0. The summed E-state index contributed by atoms with van der Waals surface area (Å²) in [5.74, 6) is 0.289. The van der Waals surface area contributed by atoms with E-state index in [1.807, 2.05) is 67.0 Å². The fraction of sp³-hybridized carbons (Fsp3) is 0.250. The molecule has 1 amide bonds. The summed E-state index contributed by atoms with van der Waals surface area (Å²) in [6, 6.07) is 16.8. The molecule has 4 N–H and O–H groups in total. The largest absolute Gasteiger partial charge is 0.489 e. The molecule has 0 saturated heterocycles. The van der Waals surface area contributed by atoms with Gasteiger partial charge in [0.25, 0.3) is 5.91 Å². The molecule has 10 heteroatoms. The van der Waals surface area contributed by atoms with Crippen molar-refractivity contribution in [3.63, 3.8) is 0 Å². The van der Waals surface area contributed by atoms with Gasteiger partial charge in [-0.05, 0) is 84.3 Å². The Morgan fingerprint density at radius 3 is 2.58 bits per heavy atom. The fourth-order valence-electron chi connectivity index (χ4n) is 3.87. The minimum Gasteiger partial charge on any atom is -0.489 e. The van der Waals surface area contributed by atoms with E-state index in [1.54, 1.807) is 18.2 Å². The number of nitrogens with zero attached hydrogens (tertiary/aromatic N) is 2. The van der Waals surface area contributed by atoms with Gasteiger partial charge >= 0.3 is 0 Å². The van der Waals surface area contributed by atoms with Crippen molar-refractivity contribution in [2.45, 2.75) is 39.8 Å². The molecule has 0 fully saturated rings. The molecule has 0 bridgehead atoms. The smallest absolute Gasteiger partial charge is 0.251 e. The molecule has 0 unspecified atom stereocenters. The van der Waals surface area contributed by atoms with Gasteiger partial charge in [-0.3, -0.25) is 4.79 Å². The van der Waals surface area contributed by atoms with E-state index in [9.17, 15) is 4.79 Å². The van der Waals surface area contributed by atoms with Gasteiger partial charge in [0.1, 0.15) is 5.75 Å². The molecule has 2 aromatic carbocycles. The lowest BCUT2D eigenvalue weighted by Gasteiger charge is -2.20. The molecular weight excluding hydrogens is 586 g/mol. The summed E-state index contributed by atoms with van der Waals surface area (Å²) in [6.45, 7) is 4.21. The number of aromatic nitrogens is 2. The number of rotatable bonds is 9. The Morgan fingerprint density at radius 1 is 1.21 bits per heavy atom. The van der Waals surface area contributed by atoms with Crippen molar-refractivity contribution in [2.75, 3.05) is 6.54 Å². The van der Waals surface area contributed by atoms with E-state index in [0.29, 0.717) is 29.3 Å². The predicted octanol–water partition coefficient (Wildman–Crippen LogP) is 6.01. The number of fused-ring (bicyclic) bond motifs is 1. The van der Waals surface area contributed by atoms with Crippen LogP contribution in [0.1, 0.15) is 37.2 Å². The van der Waals surface area contributed by atoms with E-state index in [1.165, 1.54) is 0 Å². The van der Waals surface area contributed by atoms with Crippen molar-refractivity contribution < 1.29 is 9.53 Å². The van der Waals surface area contributed by atoms with Crippen molar-refractivity contribution in [2.24, 2.45) is 5.73 Å². The highest BCUT2D eigenvalue weighted by atomic mass is 79.9. The number of thiocarbonyl (C=S) groups is 1. The average Bonchev–Trinajstić information content (AvgIpc) is 3.30. The van der Waals surface area contributed by atoms with Crippen LogP contribution in [0.5, 0.6) is 5.75 Å². The maximum atomic E-state index is 13.0. The Hall–Kier alpha value is -3.14. The van der Waals surface area contributed by atoms with Gasteiger partial charge in [-0.25, -0.2) is 4.98 Å². The lowest BCUT2D eigenvalue weighted by molar-refractivity contribution is 0.0937. The van der Waals surface area contributed by atoms with Gasteiger partial charge in [-0.2, -0.15) is 0 Å². The summed E-state index contributed by atoms with van der Waals surface area (Å²) in [5.41, 5.74) is 9.86. The van der Waals surface area contributed by atoms with E-state index >= 15 is 0 Å². The number of halogens is 2. The van der Waals surface area contributed by atoms with Crippen LogP contribution in [0.2, 0.25) is 5.02 Å². The summed E-state index contributed by atoms with van der Waals surface area (Å²) < 4.78 is 8.57. The highest BCUT2D eigenvalue weighted by molar-refractivity contribution is 9.10. The minimum absolute atomic E-state index is 0. The molecule has 0 aliphatic rings. The molecule has 0 spiro atoms. The lowest BCUT2D eigenvalue weighted by Crippen LogP contribution is -2.46. The minimum atomic E-state index is -0.267. The molecule has 0 saturated carbocycles. The normalized spacial score (nSPS) is 11.6. The number of carbonyl (C=O) groups excluding carboxylic acids is 1. The third kappa shape index (κ3) is 7.46. The highest BCUT2D eigenvalue weighted by Gasteiger charge is 2.17. The second-order valence-corrected chi connectivity index (χ2v) is 10.5. The van der Waals surface area contributed by atoms with Crippen molar-refractivity contribution in [1.29, 1.82) is 0 Å². The summed E-state index contributed by atoms with van der Waals surface area (Å²) in [7, 11) is 0. The zero-order valence-corrected chi connectivity index (χ0v) is 23.5. The van der Waals surface area contributed by atoms with Crippen LogP contribution in [0.4, 0.5) is 0 Å². The summed E-state index contributed by atoms with van der Waals surface area (Å²) in [6.07, 6.45) is 4.51. The maximum absolute atomic E-state index is 13.0. The van der Waals surface area contributed by atoms with E-state index in [-0.39, 0.29) is 30.6 Å².